The van der Waals surface area contributed by atoms with Crippen LogP contribution in [0.25, 0.3) is 0 Å². The Morgan fingerprint density at radius 1 is 1.40 bits per heavy atom. The first kappa shape index (κ1) is 17.4. The molecule has 1 aromatic carbocycles. The van der Waals surface area contributed by atoms with Gasteiger partial charge in [-0.3, -0.25) is 9.48 Å². The molecule has 1 aliphatic carbocycles. The van der Waals surface area contributed by atoms with E-state index in [4.69, 9.17) is 0 Å². The van der Waals surface area contributed by atoms with Crippen LogP contribution >= 0.6 is 0 Å². The van der Waals surface area contributed by atoms with Gasteiger partial charge in [-0.25, -0.2) is 0 Å². The lowest BCUT2D eigenvalue weighted by molar-refractivity contribution is 0.0949. The van der Waals surface area contributed by atoms with Crippen LogP contribution in [0.2, 0.25) is 0 Å². The molecule has 132 valence electrons. The molecule has 0 saturated heterocycles. The quantitative estimate of drug-likeness (QED) is 0.762. The summed E-state index contributed by atoms with van der Waals surface area (Å²) >= 11 is 0. The van der Waals surface area contributed by atoms with Crippen LogP contribution in [0.1, 0.15) is 40.7 Å². The first-order valence-corrected chi connectivity index (χ1v) is 8.97. The number of aromatic nitrogens is 2. The van der Waals surface area contributed by atoms with E-state index in [1.54, 1.807) is 0 Å². The fraction of sp³-hybridized carbons (Fsp3) is 0.400. The number of fused-ring (bicyclic) bond motifs is 1. The molecule has 0 bridgehead atoms. The molecule has 0 spiro atoms. The number of rotatable bonds is 7. The van der Waals surface area contributed by atoms with Gasteiger partial charge in [-0.1, -0.05) is 36.4 Å². The van der Waals surface area contributed by atoms with Gasteiger partial charge in [0.15, 0.2) is 5.69 Å². The molecule has 5 heteroatoms. The van der Waals surface area contributed by atoms with Gasteiger partial charge < -0.3 is 10.6 Å². The molecule has 5 nitrogen and oxygen atoms in total. The van der Waals surface area contributed by atoms with Gasteiger partial charge in [0.1, 0.15) is 0 Å². The molecule has 1 atom stereocenters. The Bertz CT molecular complexity index is 736. The van der Waals surface area contributed by atoms with E-state index in [1.165, 1.54) is 11.3 Å². The summed E-state index contributed by atoms with van der Waals surface area (Å²) in [6.07, 6.45) is 4.70. The van der Waals surface area contributed by atoms with E-state index < -0.39 is 0 Å². The van der Waals surface area contributed by atoms with E-state index in [-0.39, 0.29) is 5.91 Å². The highest BCUT2D eigenvalue weighted by Gasteiger charge is 2.28. The zero-order chi connectivity index (χ0) is 17.6. The molecule has 2 aromatic rings. The normalized spacial score (nSPS) is 16.3. The maximum Gasteiger partial charge on any atom is 0.272 e. The maximum atomic E-state index is 12.5. The van der Waals surface area contributed by atoms with Crippen molar-refractivity contribution in [2.75, 3.05) is 13.1 Å². The number of hydrogen-bond acceptors (Lipinski definition) is 3. The Kier molecular flexibility index (Phi) is 5.66. The molecule has 1 aliphatic rings. The van der Waals surface area contributed by atoms with Crippen molar-refractivity contribution in [3.63, 3.8) is 0 Å². The number of amides is 1. The van der Waals surface area contributed by atoms with Crippen LogP contribution in [-0.2, 0) is 19.4 Å². The second kappa shape index (κ2) is 8.12. The van der Waals surface area contributed by atoms with E-state index in [1.807, 2.05) is 35.9 Å². The second-order valence-corrected chi connectivity index (χ2v) is 6.41. The average molecular weight is 338 g/mol. The maximum absolute atomic E-state index is 12.5. The summed E-state index contributed by atoms with van der Waals surface area (Å²) < 4.78 is 2.01. The topological polar surface area (TPSA) is 59.0 Å². The highest BCUT2D eigenvalue weighted by atomic mass is 16.1. The lowest BCUT2D eigenvalue weighted by Gasteiger charge is -2.24. The molecule has 1 aromatic heterocycles. The predicted octanol–water partition coefficient (Wildman–Crippen LogP) is 2.31. The number of nitrogens with zero attached hydrogens (tertiary/aromatic N) is 2. The van der Waals surface area contributed by atoms with Crippen molar-refractivity contribution >= 4 is 5.91 Å². The van der Waals surface area contributed by atoms with Gasteiger partial charge in [0.2, 0.25) is 0 Å². The van der Waals surface area contributed by atoms with Gasteiger partial charge in [-0.05, 0) is 31.7 Å². The Morgan fingerprint density at radius 3 is 2.92 bits per heavy atom. The highest BCUT2D eigenvalue weighted by molar-refractivity contribution is 5.94. The molecule has 0 fully saturated rings. The van der Waals surface area contributed by atoms with Crippen LogP contribution in [0.3, 0.4) is 0 Å². The molecule has 1 amide bonds. The lowest BCUT2D eigenvalue weighted by atomic mass is 9.91. The number of hydrogen-bond donors (Lipinski definition) is 2. The van der Waals surface area contributed by atoms with E-state index in [2.05, 4.69) is 34.4 Å². The fourth-order valence-corrected chi connectivity index (χ4v) is 3.43. The molecule has 0 aliphatic heterocycles. The predicted molar refractivity (Wildman–Crippen MR) is 99.8 cm³/mol. The van der Waals surface area contributed by atoms with Crippen molar-refractivity contribution < 1.29 is 4.79 Å². The van der Waals surface area contributed by atoms with E-state index in [9.17, 15) is 4.79 Å². The van der Waals surface area contributed by atoms with Crippen molar-refractivity contribution in [3.8, 4) is 0 Å². The summed E-state index contributed by atoms with van der Waals surface area (Å²) in [5.74, 6) is -0.0741. The Labute approximate surface area is 149 Å². The third-order valence-electron chi connectivity index (χ3n) is 4.63. The molecule has 0 saturated carbocycles. The van der Waals surface area contributed by atoms with Crippen molar-refractivity contribution in [2.24, 2.45) is 0 Å². The summed E-state index contributed by atoms with van der Waals surface area (Å²) in [4.78, 5) is 12.5. The monoisotopic (exact) mass is 338 g/mol. The third kappa shape index (κ3) is 3.99. The van der Waals surface area contributed by atoms with Crippen LogP contribution in [0, 0.1) is 0 Å². The molecular weight excluding hydrogens is 312 g/mol. The smallest absolute Gasteiger partial charge is 0.272 e. The van der Waals surface area contributed by atoms with Crippen molar-refractivity contribution in [3.05, 3.63) is 65.5 Å². The Morgan fingerprint density at radius 2 is 2.20 bits per heavy atom. The third-order valence-corrected chi connectivity index (χ3v) is 4.63. The van der Waals surface area contributed by atoms with E-state index >= 15 is 0 Å². The van der Waals surface area contributed by atoms with Crippen LogP contribution in [0.5, 0.6) is 0 Å². The molecule has 3 rings (SSSR count). The SMILES string of the molecule is C=CCNC1CCc2c(c(C(=O)NCC)nn2Cc2ccccc2)C1. The van der Waals surface area contributed by atoms with E-state index in [0.29, 0.717) is 24.8 Å². The average Bonchev–Trinajstić information content (AvgIpc) is 2.99. The number of carbonyl (C=O) groups is 1. The minimum Gasteiger partial charge on any atom is -0.351 e. The minimum absolute atomic E-state index is 0.0741. The zero-order valence-corrected chi connectivity index (χ0v) is 14.8. The summed E-state index contributed by atoms with van der Waals surface area (Å²) in [6.45, 7) is 7.79. The molecule has 0 radical (unpaired) electrons. The minimum atomic E-state index is -0.0741. The van der Waals surface area contributed by atoms with Crippen LogP contribution in [0.15, 0.2) is 43.0 Å². The summed E-state index contributed by atoms with van der Waals surface area (Å²) in [6, 6.07) is 10.6. The van der Waals surface area contributed by atoms with Gasteiger partial charge in [-0.2, -0.15) is 5.10 Å². The largest absolute Gasteiger partial charge is 0.351 e. The van der Waals surface area contributed by atoms with Gasteiger partial charge >= 0.3 is 0 Å². The number of nitrogens with one attached hydrogen (secondary N) is 2. The Balaban J connectivity index is 1.90. The second-order valence-electron chi connectivity index (χ2n) is 6.41. The molecule has 2 N–H and O–H groups in total. The first-order chi connectivity index (χ1) is 12.2. The highest BCUT2D eigenvalue weighted by Crippen LogP contribution is 2.25. The summed E-state index contributed by atoms with van der Waals surface area (Å²) in [5.41, 5.74) is 4.07. The van der Waals surface area contributed by atoms with Crippen LogP contribution in [-0.4, -0.2) is 34.8 Å². The van der Waals surface area contributed by atoms with Crippen molar-refractivity contribution in [2.45, 2.75) is 38.8 Å². The van der Waals surface area contributed by atoms with Gasteiger partial charge in [0, 0.05) is 30.4 Å². The van der Waals surface area contributed by atoms with Crippen LogP contribution in [0.4, 0.5) is 0 Å². The molecule has 1 heterocycles. The van der Waals surface area contributed by atoms with Crippen molar-refractivity contribution in [1.29, 1.82) is 0 Å². The zero-order valence-electron chi connectivity index (χ0n) is 14.8. The number of benzene rings is 1. The molecule has 25 heavy (non-hydrogen) atoms. The standard InChI is InChI=1S/C20H26N4O/c1-3-12-22-16-10-11-18-17(13-16)19(20(25)21-4-2)23-24(18)14-15-8-6-5-7-9-15/h3,5-9,16,22H,1,4,10-14H2,2H3,(H,21,25). The van der Waals surface area contributed by atoms with Gasteiger partial charge in [0.25, 0.3) is 5.91 Å². The number of carbonyl (C=O) groups excluding carboxylic acids is 1. The summed E-state index contributed by atoms with van der Waals surface area (Å²) in [5, 5.41) is 11.1. The van der Waals surface area contributed by atoms with Crippen molar-refractivity contribution in [1.82, 2.24) is 20.4 Å². The molecular formula is C20H26N4O. The Hall–Kier alpha value is -2.40. The molecule has 1 unspecified atom stereocenters. The van der Waals surface area contributed by atoms with Gasteiger partial charge in [0.05, 0.1) is 6.54 Å². The first-order valence-electron chi connectivity index (χ1n) is 8.97. The summed E-state index contributed by atoms with van der Waals surface area (Å²) in [7, 11) is 0. The van der Waals surface area contributed by atoms with Gasteiger partial charge in [-0.15, -0.1) is 6.58 Å². The van der Waals surface area contributed by atoms with Crippen LogP contribution < -0.4 is 10.6 Å². The van der Waals surface area contributed by atoms with E-state index in [0.717, 1.165) is 31.4 Å². The lowest BCUT2D eigenvalue weighted by Crippen LogP contribution is -2.35. The fourth-order valence-electron chi connectivity index (χ4n) is 3.43.